The van der Waals surface area contributed by atoms with Crippen LogP contribution in [0.25, 0.3) is 0 Å². The number of hydrogen-bond donors (Lipinski definition) is 0. The van der Waals surface area contributed by atoms with E-state index in [1.165, 1.54) is 7.11 Å². The number of methoxy groups -OCH3 is 1. The SMILES string of the molecule is COC(=O)[C@@H]([BH2-]c1n(C)cc[n+]1C)[C@@H](C(=O)c1ccccc1)c1cccnc1. The molecule has 0 bridgehead atoms. The van der Waals surface area contributed by atoms with Crippen LogP contribution in [0.1, 0.15) is 21.8 Å². The lowest BCUT2D eigenvalue weighted by Crippen LogP contribution is -2.52. The Morgan fingerprint density at radius 1 is 1.18 bits per heavy atom. The number of Topliss-reactive ketones (excluding diaryl/α,β-unsaturated/α-hetero) is 1. The molecule has 0 spiro atoms. The summed E-state index contributed by atoms with van der Waals surface area (Å²) in [6.45, 7) is 0. The van der Waals surface area contributed by atoms with Gasteiger partial charge in [0.25, 0.3) is 5.97 Å². The molecule has 28 heavy (non-hydrogen) atoms. The van der Waals surface area contributed by atoms with Gasteiger partial charge in [0.15, 0.2) is 5.78 Å². The molecular weight excluding hydrogens is 353 g/mol. The first kappa shape index (κ1) is 19.5. The van der Waals surface area contributed by atoms with Crippen molar-refractivity contribution < 1.29 is 18.9 Å². The van der Waals surface area contributed by atoms with E-state index in [1.54, 1.807) is 30.6 Å². The molecule has 6 nitrogen and oxygen atoms in total. The summed E-state index contributed by atoms with van der Waals surface area (Å²) >= 11 is 0. The van der Waals surface area contributed by atoms with Gasteiger partial charge in [0.2, 0.25) is 0 Å². The summed E-state index contributed by atoms with van der Waals surface area (Å²) in [7, 11) is 4.22. The Hall–Kier alpha value is -3.22. The predicted octanol–water partition coefficient (Wildman–Crippen LogP) is 0.667. The van der Waals surface area contributed by atoms with Crippen molar-refractivity contribution in [3.05, 3.63) is 78.4 Å². The summed E-state index contributed by atoms with van der Waals surface area (Å²) in [6, 6.07) is 12.7. The van der Waals surface area contributed by atoms with Crippen LogP contribution in [0, 0.1) is 0 Å². The molecule has 2 aromatic heterocycles. The smallest absolute Gasteiger partial charge is 0.274 e. The van der Waals surface area contributed by atoms with Crippen LogP contribution in [0.3, 0.4) is 0 Å². The second-order valence-electron chi connectivity index (χ2n) is 7.16. The van der Waals surface area contributed by atoms with Gasteiger partial charge in [-0.05, 0) is 17.4 Å². The zero-order chi connectivity index (χ0) is 20.1. The fourth-order valence-electron chi connectivity index (χ4n) is 3.97. The molecule has 0 aliphatic rings. The van der Waals surface area contributed by atoms with Crippen LogP contribution in [0.15, 0.2) is 67.3 Å². The van der Waals surface area contributed by atoms with E-state index in [4.69, 9.17) is 4.74 Å². The first-order valence-electron chi connectivity index (χ1n) is 9.41. The number of carbonyl (C=O) groups excluding carboxylic acids is 2. The van der Waals surface area contributed by atoms with Crippen molar-refractivity contribution >= 4 is 24.8 Å². The summed E-state index contributed by atoms with van der Waals surface area (Å²) in [5.74, 6) is -1.65. The summed E-state index contributed by atoms with van der Waals surface area (Å²) in [6.07, 6.45) is 7.23. The number of pyridine rings is 1. The first-order valence-corrected chi connectivity index (χ1v) is 9.41. The number of aromatic nitrogens is 3. The van der Waals surface area contributed by atoms with Gasteiger partial charge >= 0.3 is 0 Å². The molecule has 0 aliphatic heterocycles. The van der Waals surface area contributed by atoms with Crippen molar-refractivity contribution in [2.45, 2.75) is 11.7 Å². The van der Waals surface area contributed by atoms with Gasteiger partial charge in [0.05, 0.1) is 26.9 Å². The molecule has 2 heterocycles. The summed E-state index contributed by atoms with van der Waals surface area (Å²) in [5, 5.41) is 0. The van der Waals surface area contributed by atoms with Gasteiger partial charge in [-0.15, -0.1) is 0 Å². The first-order chi connectivity index (χ1) is 13.5. The monoisotopic (exact) mass is 377 g/mol. The molecule has 0 saturated carbocycles. The maximum atomic E-state index is 13.5. The van der Waals surface area contributed by atoms with Crippen molar-refractivity contribution in [2.75, 3.05) is 7.11 Å². The number of ether oxygens (including phenoxy) is 1. The second kappa shape index (κ2) is 8.65. The van der Waals surface area contributed by atoms with Crippen molar-refractivity contribution in [1.29, 1.82) is 0 Å². The summed E-state index contributed by atoms with van der Waals surface area (Å²) in [4.78, 5) is 30.5. The van der Waals surface area contributed by atoms with Gasteiger partial charge in [0, 0.05) is 23.9 Å². The van der Waals surface area contributed by atoms with Crippen LogP contribution in [0.4, 0.5) is 0 Å². The number of carbonyl (C=O) groups is 2. The lowest BCUT2D eigenvalue weighted by atomic mass is 9.56. The third-order valence-corrected chi connectivity index (χ3v) is 5.56. The fraction of sp³-hybridized carbons (Fsp3) is 0.238. The van der Waals surface area contributed by atoms with E-state index in [0.29, 0.717) is 5.56 Å². The van der Waals surface area contributed by atoms with Gasteiger partial charge in [0.1, 0.15) is 19.7 Å². The van der Waals surface area contributed by atoms with E-state index in [-0.39, 0.29) is 11.8 Å². The van der Waals surface area contributed by atoms with E-state index >= 15 is 0 Å². The molecule has 0 aliphatic carbocycles. The number of aryl methyl sites for hydroxylation is 2. The minimum atomic E-state index is -1.05. The van der Waals surface area contributed by atoms with E-state index in [9.17, 15) is 9.59 Å². The van der Waals surface area contributed by atoms with Gasteiger partial charge in [-0.25, -0.2) is 0 Å². The Kier molecular flexibility index (Phi) is 6.04. The number of esters is 1. The van der Waals surface area contributed by atoms with Gasteiger partial charge < -0.3 is 4.74 Å². The third kappa shape index (κ3) is 4.03. The van der Waals surface area contributed by atoms with Crippen LogP contribution in [0.5, 0.6) is 0 Å². The lowest BCUT2D eigenvalue weighted by molar-refractivity contribution is -0.653. The summed E-state index contributed by atoms with van der Waals surface area (Å²) < 4.78 is 9.14. The topological polar surface area (TPSA) is 65.1 Å². The van der Waals surface area contributed by atoms with Crippen LogP contribution >= 0.6 is 0 Å². The number of nitrogens with zero attached hydrogens (tertiary/aromatic N) is 3. The number of rotatable bonds is 7. The zero-order valence-electron chi connectivity index (χ0n) is 16.6. The minimum Gasteiger partial charge on any atom is -0.471 e. The molecule has 0 radical (unpaired) electrons. The normalized spacial score (nSPS) is 13.0. The zero-order valence-corrected chi connectivity index (χ0v) is 16.6. The summed E-state index contributed by atoms with van der Waals surface area (Å²) in [5.41, 5.74) is 2.35. The fourth-order valence-corrected chi connectivity index (χ4v) is 3.97. The molecule has 0 unspecified atom stereocenters. The molecule has 0 N–H and O–H groups in total. The average molecular weight is 377 g/mol. The molecule has 144 valence electrons. The highest BCUT2D eigenvalue weighted by Crippen LogP contribution is 2.33. The average Bonchev–Trinajstić information content (AvgIpc) is 3.05. The maximum absolute atomic E-state index is 13.5. The maximum Gasteiger partial charge on any atom is 0.274 e. The molecule has 1 aromatic carbocycles. The van der Waals surface area contributed by atoms with E-state index in [1.807, 2.05) is 59.9 Å². The van der Waals surface area contributed by atoms with Crippen molar-refractivity contribution in [2.24, 2.45) is 14.1 Å². The molecule has 2 atom stereocenters. The molecule has 3 rings (SSSR count). The minimum absolute atomic E-state index is 0.0930. The Labute approximate surface area is 165 Å². The number of hydrogen-bond acceptors (Lipinski definition) is 4. The quantitative estimate of drug-likeness (QED) is 0.263. The largest absolute Gasteiger partial charge is 0.471 e. The standard InChI is InChI=1S/C21H24BN3O3/c1-24-12-13-25(2)21(24)22-18(20(27)28-3)17(16-10-7-11-23-14-16)19(26)15-8-5-4-6-9-15/h4-14,17-18H,22H2,1-3H3/t17-,18-/m0/s1. The van der Waals surface area contributed by atoms with Crippen molar-refractivity contribution in [1.82, 2.24) is 9.55 Å². The predicted molar refractivity (Wildman–Crippen MR) is 108 cm³/mol. The number of ketones is 1. The molecular formula is C21H24BN3O3. The van der Waals surface area contributed by atoms with Crippen LogP contribution in [-0.2, 0) is 23.6 Å². The Morgan fingerprint density at radius 2 is 1.93 bits per heavy atom. The van der Waals surface area contributed by atoms with E-state index < -0.39 is 19.0 Å². The number of benzene rings is 1. The highest BCUT2D eigenvalue weighted by atomic mass is 16.5. The van der Waals surface area contributed by atoms with E-state index in [2.05, 4.69) is 4.98 Å². The Morgan fingerprint density at radius 3 is 2.50 bits per heavy atom. The molecule has 0 fully saturated rings. The second-order valence-corrected chi connectivity index (χ2v) is 7.16. The Balaban J connectivity index is 2.09. The van der Waals surface area contributed by atoms with E-state index in [0.717, 1.165) is 11.3 Å². The number of imidazole rings is 1. The molecule has 0 amide bonds. The van der Waals surface area contributed by atoms with Gasteiger partial charge in [-0.3, -0.25) is 23.7 Å². The van der Waals surface area contributed by atoms with Crippen LogP contribution in [-0.4, -0.2) is 35.7 Å². The highest BCUT2D eigenvalue weighted by Gasteiger charge is 2.34. The van der Waals surface area contributed by atoms with Crippen LogP contribution in [0.2, 0.25) is 5.82 Å². The van der Waals surface area contributed by atoms with Crippen LogP contribution < -0.4 is 10.3 Å². The molecule has 3 aromatic rings. The Bertz CT molecular complexity index is 938. The van der Waals surface area contributed by atoms with Crippen molar-refractivity contribution in [3.8, 4) is 0 Å². The lowest BCUT2D eigenvalue weighted by Gasteiger charge is -2.28. The highest BCUT2D eigenvalue weighted by molar-refractivity contribution is 6.57. The van der Waals surface area contributed by atoms with Gasteiger partial charge in [-0.1, -0.05) is 36.4 Å². The van der Waals surface area contributed by atoms with Crippen molar-refractivity contribution in [3.63, 3.8) is 0 Å². The third-order valence-electron chi connectivity index (χ3n) is 5.56. The molecule has 0 saturated heterocycles. The van der Waals surface area contributed by atoms with Gasteiger partial charge in [-0.2, -0.15) is 0 Å². The molecule has 7 heteroatoms.